The lowest BCUT2D eigenvalue weighted by atomic mass is 9.85. The molecule has 2 saturated heterocycles. The maximum atomic E-state index is 13.2. The van der Waals surface area contributed by atoms with Crippen LogP contribution in [0.3, 0.4) is 0 Å². The van der Waals surface area contributed by atoms with E-state index in [1.807, 2.05) is 18.7 Å². The van der Waals surface area contributed by atoms with E-state index in [1.54, 1.807) is 12.1 Å². The van der Waals surface area contributed by atoms with Gasteiger partial charge in [-0.3, -0.25) is 9.59 Å². The van der Waals surface area contributed by atoms with E-state index < -0.39 is 0 Å². The van der Waals surface area contributed by atoms with Crippen molar-refractivity contribution >= 4 is 23.2 Å². The summed E-state index contributed by atoms with van der Waals surface area (Å²) < 4.78 is 13.2. The Balaban J connectivity index is 1.28. The van der Waals surface area contributed by atoms with Crippen LogP contribution in [0.15, 0.2) is 24.3 Å². The number of thiazole rings is 1. The van der Waals surface area contributed by atoms with Gasteiger partial charge in [0.25, 0.3) is 5.91 Å². The summed E-state index contributed by atoms with van der Waals surface area (Å²) in [5.74, 6) is 0.0793. The smallest absolute Gasteiger partial charge is 0.265 e. The zero-order valence-corrected chi connectivity index (χ0v) is 20.3. The van der Waals surface area contributed by atoms with Crippen LogP contribution in [0.2, 0.25) is 0 Å². The minimum Gasteiger partial charge on any atom is -0.355 e. The number of aromatic nitrogens is 1. The first-order valence-electron chi connectivity index (χ1n) is 11.9. The molecule has 1 unspecified atom stereocenters. The Hall–Kier alpha value is -2.32. The summed E-state index contributed by atoms with van der Waals surface area (Å²) in [6.07, 6.45) is 4.18. The van der Waals surface area contributed by atoms with Gasteiger partial charge in [0.15, 0.2) is 0 Å². The molecule has 0 spiro atoms. The summed E-state index contributed by atoms with van der Waals surface area (Å²) in [5, 5.41) is 3.83. The highest BCUT2D eigenvalue weighted by Gasteiger charge is 2.31. The Bertz CT molecular complexity index is 963. The lowest BCUT2D eigenvalue weighted by Gasteiger charge is -2.34. The highest BCUT2D eigenvalue weighted by Crippen LogP contribution is 2.31. The maximum Gasteiger partial charge on any atom is 0.265 e. The number of rotatable bonds is 7. The summed E-state index contributed by atoms with van der Waals surface area (Å²) in [5.41, 5.74) is 1.52. The molecule has 1 aromatic carbocycles. The molecule has 0 saturated carbocycles. The van der Waals surface area contributed by atoms with Crippen molar-refractivity contribution in [3.05, 3.63) is 40.7 Å². The number of nitrogens with zero attached hydrogens (tertiary/aromatic N) is 3. The first-order valence-corrected chi connectivity index (χ1v) is 12.8. The average molecular weight is 473 g/mol. The van der Waals surface area contributed by atoms with E-state index in [9.17, 15) is 14.0 Å². The quantitative estimate of drug-likeness (QED) is 0.663. The molecule has 6 nitrogen and oxygen atoms in total. The van der Waals surface area contributed by atoms with Crippen LogP contribution >= 0.6 is 11.3 Å². The third-order valence-electron chi connectivity index (χ3n) is 6.96. The standard InChI is InChI=1S/C25H33FN4O2S/c1-17(23(31)27-11-16-29-12-3-4-13-29)19-9-14-30(15-10-19)25(32)22-18(2)28-24(33-22)20-5-7-21(26)8-6-20/h5-8,17,19H,3-4,9-16H2,1-2H3,(H,27,31). The van der Waals surface area contributed by atoms with Crippen LogP contribution < -0.4 is 5.32 Å². The SMILES string of the molecule is Cc1nc(-c2ccc(F)cc2)sc1C(=O)N1CCC(C(C)C(=O)NCCN2CCCC2)CC1. The number of hydrogen-bond acceptors (Lipinski definition) is 5. The minimum atomic E-state index is -0.291. The number of halogens is 1. The molecule has 1 aromatic heterocycles. The molecular weight excluding hydrogens is 439 g/mol. The first-order chi connectivity index (χ1) is 15.9. The second-order valence-corrected chi connectivity index (χ2v) is 10.2. The summed E-state index contributed by atoms with van der Waals surface area (Å²) in [4.78, 5) is 35.2. The van der Waals surface area contributed by atoms with Gasteiger partial charge < -0.3 is 15.1 Å². The fraction of sp³-hybridized carbons (Fsp3) is 0.560. The zero-order chi connectivity index (χ0) is 23.4. The van der Waals surface area contributed by atoms with Crippen molar-refractivity contribution in [2.24, 2.45) is 11.8 Å². The number of carbonyl (C=O) groups is 2. The fourth-order valence-electron chi connectivity index (χ4n) is 4.78. The summed E-state index contributed by atoms with van der Waals surface area (Å²) in [6, 6.07) is 6.18. The third kappa shape index (κ3) is 5.79. The van der Waals surface area contributed by atoms with Gasteiger partial charge in [-0.05, 0) is 75.9 Å². The van der Waals surface area contributed by atoms with Gasteiger partial charge in [-0.2, -0.15) is 0 Å². The van der Waals surface area contributed by atoms with Gasteiger partial charge in [-0.15, -0.1) is 11.3 Å². The van der Waals surface area contributed by atoms with E-state index >= 15 is 0 Å². The third-order valence-corrected chi connectivity index (χ3v) is 8.15. The number of amides is 2. The number of benzene rings is 1. The molecule has 8 heteroatoms. The molecule has 3 heterocycles. The Labute approximate surface area is 199 Å². The van der Waals surface area contributed by atoms with Crippen LogP contribution in [0.5, 0.6) is 0 Å². The number of likely N-dealkylation sites (tertiary alicyclic amines) is 2. The highest BCUT2D eigenvalue weighted by atomic mass is 32.1. The van der Waals surface area contributed by atoms with Crippen molar-refractivity contribution in [1.82, 2.24) is 20.1 Å². The second-order valence-electron chi connectivity index (χ2n) is 9.20. The lowest BCUT2D eigenvalue weighted by molar-refractivity contribution is -0.126. The molecule has 0 radical (unpaired) electrons. The molecule has 2 aliphatic heterocycles. The first kappa shape index (κ1) is 23.8. The van der Waals surface area contributed by atoms with Crippen molar-refractivity contribution in [3.8, 4) is 10.6 Å². The van der Waals surface area contributed by atoms with Crippen LogP contribution in [0.4, 0.5) is 4.39 Å². The largest absolute Gasteiger partial charge is 0.355 e. The van der Waals surface area contributed by atoms with Gasteiger partial charge in [0.2, 0.25) is 5.91 Å². The molecule has 2 fully saturated rings. The van der Waals surface area contributed by atoms with Crippen LogP contribution in [0, 0.1) is 24.6 Å². The molecule has 2 aliphatic rings. The molecule has 4 rings (SSSR count). The van der Waals surface area contributed by atoms with Crippen LogP contribution in [0.25, 0.3) is 10.6 Å². The number of carbonyl (C=O) groups excluding carboxylic acids is 2. The number of piperidine rings is 1. The van der Waals surface area contributed by atoms with Crippen molar-refractivity contribution < 1.29 is 14.0 Å². The molecule has 0 bridgehead atoms. The molecule has 2 aromatic rings. The Kier molecular flexibility index (Phi) is 7.75. The van der Waals surface area contributed by atoms with Crippen molar-refractivity contribution in [2.75, 3.05) is 39.3 Å². The maximum absolute atomic E-state index is 13.2. The lowest BCUT2D eigenvalue weighted by Crippen LogP contribution is -2.43. The van der Waals surface area contributed by atoms with E-state index in [4.69, 9.17) is 0 Å². The fourth-order valence-corrected chi connectivity index (χ4v) is 5.82. The monoisotopic (exact) mass is 472 g/mol. The Morgan fingerprint density at radius 2 is 1.82 bits per heavy atom. The predicted octanol–water partition coefficient (Wildman–Crippen LogP) is 3.96. The van der Waals surface area contributed by atoms with Gasteiger partial charge in [-0.25, -0.2) is 9.37 Å². The number of hydrogen-bond donors (Lipinski definition) is 1. The van der Waals surface area contributed by atoms with E-state index in [0.717, 1.165) is 43.0 Å². The van der Waals surface area contributed by atoms with Crippen molar-refractivity contribution in [1.29, 1.82) is 0 Å². The van der Waals surface area contributed by atoms with Gasteiger partial charge in [0, 0.05) is 37.7 Å². The van der Waals surface area contributed by atoms with Gasteiger partial charge in [0.1, 0.15) is 15.7 Å². The average Bonchev–Trinajstić information content (AvgIpc) is 3.48. The topological polar surface area (TPSA) is 65.5 Å². The molecule has 33 heavy (non-hydrogen) atoms. The minimum absolute atomic E-state index is 0.000436. The van der Waals surface area contributed by atoms with Crippen LogP contribution in [-0.4, -0.2) is 65.9 Å². The van der Waals surface area contributed by atoms with E-state index in [0.29, 0.717) is 30.2 Å². The van der Waals surface area contributed by atoms with Crippen molar-refractivity contribution in [2.45, 2.75) is 39.5 Å². The normalized spacial score (nSPS) is 18.5. The highest BCUT2D eigenvalue weighted by molar-refractivity contribution is 7.17. The predicted molar refractivity (Wildman–Crippen MR) is 129 cm³/mol. The van der Waals surface area contributed by atoms with Gasteiger partial charge in [-0.1, -0.05) is 6.92 Å². The molecule has 178 valence electrons. The van der Waals surface area contributed by atoms with E-state index in [2.05, 4.69) is 15.2 Å². The molecule has 0 aliphatic carbocycles. The van der Waals surface area contributed by atoms with E-state index in [-0.39, 0.29) is 29.5 Å². The summed E-state index contributed by atoms with van der Waals surface area (Å²) in [6.45, 7) is 9.08. The zero-order valence-electron chi connectivity index (χ0n) is 19.5. The molecular formula is C25H33FN4O2S. The summed E-state index contributed by atoms with van der Waals surface area (Å²) in [7, 11) is 0. The molecule has 2 amide bonds. The Morgan fingerprint density at radius 3 is 2.48 bits per heavy atom. The molecule has 1 atom stereocenters. The van der Waals surface area contributed by atoms with Gasteiger partial charge >= 0.3 is 0 Å². The molecule has 1 N–H and O–H groups in total. The van der Waals surface area contributed by atoms with Crippen LogP contribution in [0.1, 0.15) is 48.0 Å². The van der Waals surface area contributed by atoms with Crippen LogP contribution in [-0.2, 0) is 4.79 Å². The van der Waals surface area contributed by atoms with Gasteiger partial charge in [0.05, 0.1) is 5.69 Å². The Morgan fingerprint density at radius 1 is 1.15 bits per heavy atom. The van der Waals surface area contributed by atoms with E-state index in [1.165, 1.54) is 36.3 Å². The number of nitrogens with one attached hydrogen (secondary N) is 1. The number of aryl methyl sites for hydroxylation is 1. The van der Waals surface area contributed by atoms with Crippen molar-refractivity contribution in [3.63, 3.8) is 0 Å². The summed E-state index contributed by atoms with van der Waals surface area (Å²) >= 11 is 1.36. The second kappa shape index (κ2) is 10.7.